The highest BCUT2D eigenvalue weighted by molar-refractivity contribution is 7.16. The number of pyridine rings is 1. The van der Waals surface area contributed by atoms with Crippen LogP contribution in [0.5, 0.6) is 0 Å². The first-order valence-electron chi connectivity index (χ1n) is 8.30. The summed E-state index contributed by atoms with van der Waals surface area (Å²) in [5.41, 5.74) is 3.15. The van der Waals surface area contributed by atoms with Crippen molar-refractivity contribution in [1.82, 2.24) is 9.88 Å². The molecule has 4 nitrogen and oxygen atoms in total. The molecule has 0 aromatic carbocycles. The second-order valence-corrected chi connectivity index (χ2v) is 8.49. The van der Waals surface area contributed by atoms with Crippen LogP contribution >= 0.6 is 22.9 Å². The van der Waals surface area contributed by atoms with Crippen LogP contribution in [0.3, 0.4) is 0 Å². The highest BCUT2D eigenvalue weighted by Crippen LogP contribution is 2.49. The van der Waals surface area contributed by atoms with E-state index in [9.17, 15) is 5.11 Å². The second-order valence-electron chi connectivity index (χ2n) is 6.80. The van der Waals surface area contributed by atoms with Crippen molar-refractivity contribution in [3.05, 3.63) is 50.4 Å². The van der Waals surface area contributed by atoms with Gasteiger partial charge >= 0.3 is 0 Å². The number of ether oxygens (including phenoxy) is 1. The van der Waals surface area contributed by atoms with Gasteiger partial charge in [-0.15, -0.1) is 11.3 Å². The molecule has 1 fully saturated rings. The number of piperidine rings is 1. The minimum absolute atomic E-state index is 0.270. The third kappa shape index (κ3) is 3.00. The summed E-state index contributed by atoms with van der Waals surface area (Å²) >= 11 is 7.76. The van der Waals surface area contributed by atoms with Gasteiger partial charge in [0.1, 0.15) is 11.7 Å². The summed E-state index contributed by atoms with van der Waals surface area (Å²) in [5, 5.41) is 10.2. The second kappa shape index (κ2) is 6.39. The first-order valence-corrected chi connectivity index (χ1v) is 9.50. The number of likely N-dealkylation sites (tertiary alicyclic amines) is 1. The Morgan fingerprint density at radius 1 is 1.38 bits per heavy atom. The number of hydrogen-bond acceptors (Lipinski definition) is 5. The van der Waals surface area contributed by atoms with Crippen LogP contribution in [0.15, 0.2) is 24.5 Å². The van der Waals surface area contributed by atoms with E-state index in [-0.39, 0.29) is 5.60 Å². The SMILES string of the molecule is Cc1cncc(CN2CCC3(CC2)OCC(O)c2cc(Cl)sc23)c1. The van der Waals surface area contributed by atoms with Crippen molar-refractivity contribution in [2.24, 2.45) is 0 Å². The summed E-state index contributed by atoms with van der Waals surface area (Å²) in [6.45, 7) is 5.30. The molecule has 6 heteroatoms. The summed E-state index contributed by atoms with van der Waals surface area (Å²) < 4.78 is 6.87. The summed E-state index contributed by atoms with van der Waals surface area (Å²) in [4.78, 5) is 7.86. The molecular weight excluding hydrogens is 344 g/mol. The number of aliphatic hydroxyl groups excluding tert-OH is 1. The van der Waals surface area contributed by atoms with E-state index in [2.05, 4.69) is 22.9 Å². The van der Waals surface area contributed by atoms with E-state index in [1.807, 2.05) is 18.5 Å². The van der Waals surface area contributed by atoms with E-state index in [0.717, 1.165) is 47.3 Å². The van der Waals surface area contributed by atoms with E-state index in [0.29, 0.717) is 6.61 Å². The third-order valence-corrected chi connectivity index (χ3v) is 6.49. The van der Waals surface area contributed by atoms with Crippen LogP contribution in [0.4, 0.5) is 0 Å². The number of thiophene rings is 1. The molecule has 128 valence electrons. The molecule has 0 amide bonds. The molecule has 0 bridgehead atoms. The summed E-state index contributed by atoms with van der Waals surface area (Å²) in [6, 6.07) is 4.10. The zero-order valence-electron chi connectivity index (χ0n) is 13.7. The average Bonchev–Trinajstić information content (AvgIpc) is 2.97. The molecule has 24 heavy (non-hydrogen) atoms. The highest BCUT2D eigenvalue weighted by Gasteiger charge is 2.44. The number of fused-ring (bicyclic) bond motifs is 2. The lowest BCUT2D eigenvalue weighted by Gasteiger charge is -2.44. The number of aliphatic hydroxyl groups is 1. The monoisotopic (exact) mass is 364 g/mol. The zero-order chi connectivity index (χ0) is 16.7. The Hall–Kier alpha value is -0.980. The Labute approximate surface area is 151 Å². The van der Waals surface area contributed by atoms with Gasteiger partial charge in [0.2, 0.25) is 0 Å². The number of nitrogens with zero attached hydrogens (tertiary/aromatic N) is 2. The minimum Gasteiger partial charge on any atom is -0.386 e. The molecule has 2 aliphatic heterocycles. The van der Waals surface area contributed by atoms with Crippen molar-refractivity contribution in [2.75, 3.05) is 19.7 Å². The largest absolute Gasteiger partial charge is 0.386 e. The van der Waals surface area contributed by atoms with E-state index in [4.69, 9.17) is 16.3 Å². The molecule has 0 saturated carbocycles. The fraction of sp³-hybridized carbons (Fsp3) is 0.500. The van der Waals surface area contributed by atoms with Gasteiger partial charge in [-0.2, -0.15) is 0 Å². The number of aryl methyl sites for hydroxylation is 1. The Balaban J connectivity index is 1.49. The Morgan fingerprint density at radius 2 is 2.17 bits per heavy atom. The number of aromatic nitrogens is 1. The zero-order valence-corrected chi connectivity index (χ0v) is 15.2. The fourth-order valence-corrected chi connectivity index (χ4v) is 5.27. The van der Waals surface area contributed by atoms with E-state index >= 15 is 0 Å². The lowest BCUT2D eigenvalue weighted by molar-refractivity contribution is -0.129. The summed E-state index contributed by atoms with van der Waals surface area (Å²) in [5.74, 6) is 0. The van der Waals surface area contributed by atoms with Gasteiger partial charge in [-0.1, -0.05) is 17.7 Å². The number of hydrogen-bond donors (Lipinski definition) is 1. The first kappa shape index (κ1) is 16.5. The summed E-state index contributed by atoms with van der Waals surface area (Å²) in [6.07, 6.45) is 5.15. The maximum atomic E-state index is 10.2. The van der Waals surface area contributed by atoms with Crippen LogP contribution in [0.1, 0.15) is 40.5 Å². The highest BCUT2D eigenvalue weighted by atomic mass is 35.5. The molecule has 2 aromatic heterocycles. The van der Waals surface area contributed by atoms with Crippen molar-refractivity contribution in [3.8, 4) is 0 Å². The molecule has 1 N–H and O–H groups in total. The smallest absolute Gasteiger partial charge is 0.105 e. The van der Waals surface area contributed by atoms with Crippen molar-refractivity contribution >= 4 is 22.9 Å². The predicted octanol–water partition coefficient (Wildman–Crippen LogP) is 3.66. The molecule has 4 heterocycles. The molecule has 4 rings (SSSR count). The lowest BCUT2D eigenvalue weighted by Crippen LogP contribution is -2.46. The van der Waals surface area contributed by atoms with Crippen LogP contribution in [0.25, 0.3) is 0 Å². The van der Waals surface area contributed by atoms with Crippen molar-refractivity contribution in [3.63, 3.8) is 0 Å². The van der Waals surface area contributed by atoms with Gasteiger partial charge in [-0.25, -0.2) is 0 Å². The molecular formula is C18H21ClN2O2S. The van der Waals surface area contributed by atoms with E-state index < -0.39 is 6.10 Å². The maximum absolute atomic E-state index is 10.2. The Morgan fingerprint density at radius 3 is 2.92 bits per heavy atom. The van der Waals surface area contributed by atoms with E-state index in [1.165, 1.54) is 11.1 Å². The molecule has 1 spiro atoms. The van der Waals surface area contributed by atoms with Crippen LogP contribution < -0.4 is 0 Å². The maximum Gasteiger partial charge on any atom is 0.105 e. The lowest BCUT2D eigenvalue weighted by atomic mass is 9.84. The molecule has 2 aromatic rings. The Bertz CT molecular complexity index is 740. The molecule has 0 radical (unpaired) electrons. The van der Waals surface area contributed by atoms with Gasteiger partial charge in [0.15, 0.2) is 0 Å². The topological polar surface area (TPSA) is 45.6 Å². The van der Waals surface area contributed by atoms with Gasteiger partial charge in [-0.05, 0) is 37.0 Å². The average molecular weight is 365 g/mol. The van der Waals surface area contributed by atoms with E-state index in [1.54, 1.807) is 11.3 Å². The molecule has 1 unspecified atom stereocenters. The molecule has 0 aliphatic carbocycles. The van der Waals surface area contributed by atoms with Crippen LogP contribution in [0.2, 0.25) is 4.34 Å². The number of rotatable bonds is 2. The van der Waals surface area contributed by atoms with Crippen molar-refractivity contribution < 1.29 is 9.84 Å². The van der Waals surface area contributed by atoms with Crippen molar-refractivity contribution in [1.29, 1.82) is 0 Å². The van der Waals surface area contributed by atoms with Crippen LogP contribution in [-0.2, 0) is 16.9 Å². The van der Waals surface area contributed by atoms with Crippen molar-refractivity contribution in [2.45, 2.75) is 38.0 Å². The van der Waals surface area contributed by atoms with Gasteiger partial charge in [-0.3, -0.25) is 9.88 Å². The van der Waals surface area contributed by atoms with Gasteiger partial charge in [0.05, 0.1) is 10.9 Å². The van der Waals surface area contributed by atoms with Crippen LogP contribution in [0, 0.1) is 6.92 Å². The number of halogens is 1. The van der Waals surface area contributed by atoms with Gasteiger partial charge < -0.3 is 9.84 Å². The third-order valence-electron chi connectivity index (χ3n) is 5.02. The van der Waals surface area contributed by atoms with Gasteiger partial charge in [0.25, 0.3) is 0 Å². The summed E-state index contributed by atoms with van der Waals surface area (Å²) in [7, 11) is 0. The minimum atomic E-state index is -0.550. The first-order chi connectivity index (χ1) is 11.6. The van der Waals surface area contributed by atoms with Gasteiger partial charge in [0, 0.05) is 42.5 Å². The standard InChI is InChI=1S/C18H21ClN2O2S/c1-12-6-13(9-20-8-12)10-21-4-2-18(3-5-21)17-14(7-16(19)24-17)15(22)11-23-18/h6-9,15,22H,2-5,10-11H2,1H3. The molecule has 1 saturated heterocycles. The quantitative estimate of drug-likeness (QED) is 0.883. The Kier molecular flexibility index (Phi) is 4.39. The predicted molar refractivity (Wildman–Crippen MR) is 95.4 cm³/mol. The fourth-order valence-electron chi connectivity index (χ4n) is 3.78. The molecule has 2 aliphatic rings. The normalized spacial score (nSPS) is 23.4. The van der Waals surface area contributed by atoms with Crippen LogP contribution in [-0.4, -0.2) is 34.7 Å². The molecule has 1 atom stereocenters.